The Morgan fingerprint density at radius 1 is 1.14 bits per heavy atom. The van der Waals surface area contributed by atoms with Gasteiger partial charge in [0.05, 0.1) is 19.8 Å². The maximum atomic E-state index is 5.88. The normalized spacial score (nSPS) is 19.9. The summed E-state index contributed by atoms with van der Waals surface area (Å²) in [4.78, 5) is 8.56. The van der Waals surface area contributed by atoms with E-state index in [1.807, 2.05) is 24.3 Å². The summed E-state index contributed by atoms with van der Waals surface area (Å²) < 4.78 is 16.9. The molecule has 1 N–H and O–H groups in total. The number of fused-ring (bicyclic) bond motifs is 1. The van der Waals surface area contributed by atoms with E-state index < -0.39 is 0 Å². The van der Waals surface area contributed by atoms with Crippen LogP contribution in [0, 0.1) is 0 Å². The topological polar surface area (TPSA) is 65.5 Å². The van der Waals surface area contributed by atoms with Crippen LogP contribution in [0.3, 0.4) is 0 Å². The third kappa shape index (κ3) is 2.57. The molecule has 1 saturated heterocycles. The maximum absolute atomic E-state index is 5.88. The van der Waals surface area contributed by atoms with Crippen LogP contribution in [0.2, 0.25) is 0 Å². The largest absolute Gasteiger partial charge is 0.488 e. The quantitative estimate of drug-likeness (QED) is 0.936. The molecule has 0 bridgehead atoms. The predicted octanol–water partition coefficient (Wildman–Crippen LogP) is 2.12. The minimum Gasteiger partial charge on any atom is -0.488 e. The van der Waals surface area contributed by atoms with E-state index in [1.54, 1.807) is 6.33 Å². The molecule has 2 aliphatic rings. The van der Waals surface area contributed by atoms with Crippen LogP contribution < -0.4 is 14.8 Å². The van der Waals surface area contributed by atoms with Gasteiger partial charge in [-0.25, -0.2) is 9.97 Å². The van der Waals surface area contributed by atoms with Crippen LogP contribution in [-0.4, -0.2) is 42.4 Å². The number of benzene rings is 1. The number of hydrogen-bond acceptors (Lipinski definition) is 6. The minimum atomic E-state index is 0.158. The fourth-order valence-electron chi connectivity index (χ4n) is 2.65. The summed E-state index contributed by atoms with van der Waals surface area (Å²) >= 11 is 0. The molecule has 1 aromatic carbocycles. The van der Waals surface area contributed by atoms with E-state index in [0.29, 0.717) is 19.0 Å². The molecule has 4 rings (SSSR count). The summed E-state index contributed by atoms with van der Waals surface area (Å²) in [5.74, 6) is 2.31. The van der Waals surface area contributed by atoms with Crippen molar-refractivity contribution in [3.8, 4) is 22.8 Å². The lowest BCUT2D eigenvalue weighted by molar-refractivity contribution is 0.141. The molecule has 2 aliphatic heterocycles. The molecule has 3 heterocycles. The second-order valence-electron chi connectivity index (χ2n) is 5.30. The molecule has 0 aliphatic carbocycles. The van der Waals surface area contributed by atoms with Crippen molar-refractivity contribution in [2.45, 2.75) is 12.5 Å². The van der Waals surface area contributed by atoms with E-state index in [1.165, 1.54) is 0 Å². The van der Waals surface area contributed by atoms with Crippen LogP contribution in [0.15, 0.2) is 30.6 Å². The summed E-state index contributed by atoms with van der Waals surface area (Å²) in [5, 5.41) is 3.22. The maximum Gasteiger partial charge on any atom is 0.188 e. The molecule has 6 nitrogen and oxygen atoms in total. The average molecular weight is 299 g/mol. The highest BCUT2D eigenvalue weighted by Gasteiger charge is 2.19. The van der Waals surface area contributed by atoms with Crippen LogP contribution >= 0.6 is 0 Å². The highest BCUT2D eigenvalue weighted by molar-refractivity contribution is 5.73. The van der Waals surface area contributed by atoms with Crippen LogP contribution in [0.5, 0.6) is 11.5 Å². The standard InChI is InChI=1S/C16H17N3O3/c1-3-12(22-13-5-7-20-9-13)4-2-11(1)14-15-16(19-10-18-14)17-6-8-21-15/h1-4,10,13H,5-9H2,(H,17,18,19). The number of nitrogens with zero attached hydrogens (tertiary/aromatic N) is 2. The SMILES string of the molecule is c1nc2c(c(-c3ccc(OC4CCOC4)cc3)n1)OCCN2. The van der Waals surface area contributed by atoms with Crippen LogP contribution in [0.25, 0.3) is 11.3 Å². The zero-order valence-electron chi connectivity index (χ0n) is 12.1. The van der Waals surface area contributed by atoms with Gasteiger partial charge in [0.2, 0.25) is 0 Å². The average Bonchev–Trinajstić information content (AvgIpc) is 3.08. The van der Waals surface area contributed by atoms with E-state index in [9.17, 15) is 0 Å². The Morgan fingerprint density at radius 3 is 2.86 bits per heavy atom. The first-order valence-corrected chi connectivity index (χ1v) is 7.47. The zero-order chi connectivity index (χ0) is 14.8. The zero-order valence-corrected chi connectivity index (χ0v) is 12.1. The lowest BCUT2D eigenvalue weighted by atomic mass is 10.1. The molecule has 22 heavy (non-hydrogen) atoms. The molecular weight excluding hydrogens is 282 g/mol. The van der Waals surface area contributed by atoms with Gasteiger partial charge in [-0.1, -0.05) is 0 Å². The van der Waals surface area contributed by atoms with Gasteiger partial charge in [-0.3, -0.25) is 0 Å². The number of anilines is 1. The van der Waals surface area contributed by atoms with Gasteiger partial charge in [-0.2, -0.15) is 0 Å². The molecule has 1 unspecified atom stereocenters. The first-order chi connectivity index (χ1) is 10.9. The Morgan fingerprint density at radius 2 is 2.05 bits per heavy atom. The second-order valence-corrected chi connectivity index (χ2v) is 5.30. The van der Waals surface area contributed by atoms with E-state index >= 15 is 0 Å². The summed E-state index contributed by atoms with van der Waals surface area (Å²) in [6.45, 7) is 2.83. The van der Waals surface area contributed by atoms with Crippen molar-refractivity contribution in [1.29, 1.82) is 0 Å². The minimum absolute atomic E-state index is 0.158. The molecule has 0 radical (unpaired) electrons. The summed E-state index contributed by atoms with van der Waals surface area (Å²) in [6.07, 6.45) is 2.65. The third-order valence-electron chi connectivity index (χ3n) is 3.76. The molecule has 1 atom stereocenters. The van der Waals surface area contributed by atoms with Crippen molar-refractivity contribution >= 4 is 5.82 Å². The summed E-state index contributed by atoms with van der Waals surface area (Å²) in [6, 6.07) is 7.90. The van der Waals surface area contributed by atoms with Crippen LogP contribution in [0.4, 0.5) is 5.82 Å². The molecule has 0 amide bonds. The Bertz CT molecular complexity index is 654. The highest BCUT2D eigenvalue weighted by Crippen LogP contribution is 2.35. The van der Waals surface area contributed by atoms with Crippen LogP contribution in [0.1, 0.15) is 6.42 Å². The lowest BCUT2D eigenvalue weighted by Gasteiger charge is -2.20. The Labute approximate surface area is 128 Å². The monoisotopic (exact) mass is 299 g/mol. The fraction of sp³-hybridized carbons (Fsp3) is 0.375. The van der Waals surface area contributed by atoms with Crippen molar-refractivity contribution in [3.63, 3.8) is 0 Å². The van der Waals surface area contributed by atoms with E-state index in [-0.39, 0.29) is 6.10 Å². The Balaban J connectivity index is 1.58. The smallest absolute Gasteiger partial charge is 0.188 e. The molecule has 114 valence electrons. The molecule has 0 spiro atoms. The number of rotatable bonds is 3. The van der Waals surface area contributed by atoms with Crippen molar-refractivity contribution < 1.29 is 14.2 Å². The molecule has 1 fully saturated rings. The molecular formula is C16H17N3O3. The van der Waals surface area contributed by atoms with Crippen molar-refractivity contribution in [2.75, 3.05) is 31.7 Å². The van der Waals surface area contributed by atoms with E-state index in [0.717, 1.165) is 42.4 Å². The van der Waals surface area contributed by atoms with Gasteiger partial charge in [0.15, 0.2) is 11.6 Å². The van der Waals surface area contributed by atoms with Crippen LogP contribution in [-0.2, 0) is 4.74 Å². The third-order valence-corrected chi connectivity index (χ3v) is 3.76. The van der Waals surface area contributed by atoms with Gasteiger partial charge in [-0.05, 0) is 24.3 Å². The number of nitrogens with one attached hydrogen (secondary N) is 1. The van der Waals surface area contributed by atoms with Gasteiger partial charge in [0.1, 0.15) is 30.5 Å². The van der Waals surface area contributed by atoms with Crippen molar-refractivity contribution in [1.82, 2.24) is 9.97 Å². The van der Waals surface area contributed by atoms with Gasteiger partial charge >= 0.3 is 0 Å². The lowest BCUT2D eigenvalue weighted by Crippen LogP contribution is -2.20. The van der Waals surface area contributed by atoms with Gasteiger partial charge in [0.25, 0.3) is 0 Å². The van der Waals surface area contributed by atoms with Gasteiger partial charge in [-0.15, -0.1) is 0 Å². The van der Waals surface area contributed by atoms with Crippen molar-refractivity contribution in [2.24, 2.45) is 0 Å². The highest BCUT2D eigenvalue weighted by atomic mass is 16.5. The Kier molecular flexibility index (Phi) is 3.52. The summed E-state index contributed by atoms with van der Waals surface area (Å²) in [7, 11) is 0. The van der Waals surface area contributed by atoms with Gasteiger partial charge < -0.3 is 19.5 Å². The van der Waals surface area contributed by atoms with Gasteiger partial charge in [0, 0.05) is 12.0 Å². The van der Waals surface area contributed by atoms with E-state index in [2.05, 4.69) is 15.3 Å². The number of hydrogen-bond donors (Lipinski definition) is 1. The molecule has 2 aromatic rings. The Hall–Kier alpha value is -2.34. The first-order valence-electron chi connectivity index (χ1n) is 7.47. The number of ether oxygens (including phenoxy) is 3. The fourth-order valence-corrected chi connectivity index (χ4v) is 2.65. The van der Waals surface area contributed by atoms with Crippen molar-refractivity contribution in [3.05, 3.63) is 30.6 Å². The first kappa shape index (κ1) is 13.3. The molecule has 6 heteroatoms. The second kappa shape index (κ2) is 5.81. The number of aromatic nitrogens is 2. The molecule has 0 saturated carbocycles. The molecule has 1 aromatic heterocycles. The predicted molar refractivity (Wildman–Crippen MR) is 81.3 cm³/mol. The van der Waals surface area contributed by atoms with E-state index in [4.69, 9.17) is 14.2 Å². The summed E-state index contributed by atoms with van der Waals surface area (Å²) in [5.41, 5.74) is 1.78.